The summed E-state index contributed by atoms with van der Waals surface area (Å²) in [6.45, 7) is 3.76. The standard InChI is InChI=1S/C11H18N4O4/c1-6(2)3-7(10(16)17)14-8(11(18)19)4-9-12-5-13-15-9/h5-8,14H,3-4H2,1-2H3,(H,16,17)(H,18,19)(H,12,13,15). The van der Waals surface area contributed by atoms with Gasteiger partial charge in [-0.1, -0.05) is 13.8 Å². The molecule has 0 fully saturated rings. The second kappa shape index (κ2) is 6.83. The van der Waals surface area contributed by atoms with Crippen molar-refractivity contribution in [2.75, 3.05) is 0 Å². The second-order valence-electron chi connectivity index (χ2n) is 4.70. The van der Waals surface area contributed by atoms with E-state index in [1.165, 1.54) is 6.33 Å². The number of carboxylic acid groups (broad SMARTS) is 2. The van der Waals surface area contributed by atoms with Gasteiger partial charge in [-0.2, -0.15) is 5.10 Å². The molecule has 0 aromatic carbocycles. The molecule has 0 saturated carbocycles. The van der Waals surface area contributed by atoms with Crippen LogP contribution in [0.15, 0.2) is 6.33 Å². The number of rotatable bonds is 8. The maximum absolute atomic E-state index is 11.1. The normalized spacial score (nSPS) is 14.3. The third-order valence-electron chi connectivity index (χ3n) is 2.56. The predicted octanol–water partition coefficient (Wildman–Crippen LogP) is -0.111. The first-order valence-corrected chi connectivity index (χ1v) is 5.96. The first-order valence-electron chi connectivity index (χ1n) is 5.96. The molecular formula is C11H18N4O4. The summed E-state index contributed by atoms with van der Waals surface area (Å²) in [5.41, 5.74) is 0. The highest BCUT2D eigenvalue weighted by atomic mass is 16.4. The topological polar surface area (TPSA) is 128 Å². The molecular weight excluding hydrogens is 252 g/mol. The van der Waals surface area contributed by atoms with Crippen LogP contribution in [-0.2, 0) is 16.0 Å². The Hall–Kier alpha value is -1.96. The summed E-state index contributed by atoms with van der Waals surface area (Å²) >= 11 is 0. The fourth-order valence-corrected chi connectivity index (χ4v) is 1.69. The van der Waals surface area contributed by atoms with Crippen molar-refractivity contribution in [3.05, 3.63) is 12.2 Å². The van der Waals surface area contributed by atoms with Gasteiger partial charge < -0.3 is 10.2 Å². The van der Waals surface area contributed by atoms with Gasteiger partial charge in [0.05, 0.1) is 0 Å². The Balaban J connectivity index is 2.70. The fourth-order valence-electron chi connectivity index (χ4n) is 1.69. The van der Waals surface area contributed by atoms with Crippen LogP contribution in [0.4, 0.5) is 0 Å². The van der Waals surface area contributed by atoms with Gasteiger partial charge in [-0.05, 0) is 12.3 Å². The smallest absolute Gasteiger partial charge is 0.321 e. The lowest BCUT2D eigenvalue weighted by Gasteiger charge is -2.20. The molecule has 8 nitrogen and oxygen atoms in total. The van der Waals surface area contributed by atoms with Crippen molar-refractivity contribution >= 4 is 11.9 Å². The zero-order valence-electron chi connectivity index (χ0n) is 10.8. The molecule has 0 aliphatic rings. The van der Waals surface area contributed by atoms with E-state index >= 15 is 0 Å². The van der Waals surface area contributed by atoms with Crippen LogP contribution >= 0.6 is 0 Å². The van der Waals surface area contributed by atoms with Gasteiger partial charge in [-0.3, -0.25) is 20.0 Å². The van der Waals surface area contributed by atoms with E-state index in [1.807, 2.05) is 13.8 Å². The summed E-state index contributed by atoms with van der Waals surface area (Å²) in [6, 6.07) is -1.93. The van der Waals surface area contributed by atoms with E-state index in [9.17, 15) is 9.59 Å². The molecule has 0 radical (unpaired) electrons. The zero-order chi connectivity index (χ0) is 14.4. The van der Waals surface area contributed by atoms with Gasteiger partial charge in [-0.15, -0.1) is 0 Å². The number of H-pyrrole nitrogens is 1. The van der Waals surface area contributed by atoms with Crippen LogP contribution in [0.1, 0.15) is 26.1 Å². The molecule has 0 saturated heterocycles. The zero-order valence-corrected chi connectivity index (χ0v) is 10.8. The number of hydrogen-bond donors (Lipinski definition) is 4. The molecule has 106 valence electrons. The van der Waals surface area contributed by atoms with E-state index in [4.69, 9.17) is 10.2 Å². The third kappa shape index (κ3) is 5.04. The highest BCUT2D eigenvalue weighted by Gasteiger charge is 2.27. The molecule has 8 heteroatoms. The first kappa shape index (κ1) is 15.1. The van der Waals surface area contributed by atoms with Crippen LogP contribution in [0, 0.1) is 5.92 Å². The van der Waals surface area contributed by atoms with Crippen molar-refractivity contribution in [1.29, 1.82) is 0 Å². The molecule has 2 atom stereocenters. The highest BCUT2D eigenvalue weighted by molar-refractivity contribution is 5.77. The Morgan fingerprint density at radius 3 is 2.37 bits per heavy atom. The second-order valence-corrected chi connectivity index (χ2v) is 4.70. The van der Waals surface area contributed by atoms with Crippen LogP contribution in [0.25, 0.3) is 0 Å². The molecule has 4 N–H and O–H groups in total. The summed E-state index contributed by atoms with van der Waals surface area (Å²) in [7, 11) is 0. The number of aliphatic carboxylic acids is 2. The molecule has 0 aliphatic heterocycles. The minimum absolute atomic E-state index is 0.0285. The Bertz CT molecular complexity index is 418. The van der Waals surface area contributed by atoms with Crippen molar-refractivity contribution in [2.45, 2.75) is 38.8 Å². The van der Waals surface area contributed by atoms with Crippen LogP contribution < -0.4 is 5.32 Å². The number of nitrogens with one attached hydrogen (secondary N) is 2. The summed E-state index contributed by atoms with van der Waals surface area (Å²) in [5.74, 6) is -1.71. The molecule has 0 amide bonds. The van der Waals surface area contributed by atoms with E-state index < -0.39 is 24.0 Å². The molecule has 1 aromatic rings. The molecule has 1 aromatic heterocycles. The number of carbonyl (C=O) groups is 2. The van der Waals surface area contributed by atoms with E-state index in [0.29, 0.717) is 12.2 Å². The summed E-state index contributed by atoms with van der Waals surface area (Å²) in [5, 5.41) is 27.1. The highest BCUT2D eigenvalue weighted by Crippen LogP contribution is 2.07. The van der Waals surface area contributed by atoms with E-state index in [0.717, 1.165) is 0 Å². The number of carboxylic acids is 2. The van der Waals surface area contributed by atoms with Crippen molar-refractivity contribution in [3.63, 3.8) is 0 Å². The van der Waals surface area contributed by atoms with Gasteiger partial charge >= 0.3 is 11.9 Å². The van der Waals surface area contributed by atoms with E-state index in [-0.39, 0.29) is 12.3 Å². The monoisotopic (exact) mass is 270 g/mol. The van der Waals surface area contributed by atoms with Gasteiger partial charge in [0.15, 0.2) is 5.82 Å². The van der Waals surface area contributed by atoms with Crippen LogP contribution in [0.5, 0.6) is 0 Å². The SMILES string of the molecule is CC(C)CC(NC(Cc1nc[nH]n1)C(=O)O)C(=O)O. The van der Waals surface area contributed by atoms with Crippen molar-refractivity contribution in [1.82, 2.24) is 20.5 Å². The maximum atomic E-state index is 11.1. The minimum atomic E-state index is -1.13. The molecule has 2 unspecified atom stereocenters. The quantitative estimate of drug-likeness (QED) is 0.518. The fraction of sp³-hybridized carbons (Fsp3) is 0.636. The van der Waals surface area contributed by atoms with Gasteiger partial charge in [-0.25, -0.2) is 4.98 Å². The van der Waals surface area contributed by atoms with Crippen LogP contribution in [0.2, 0.25) is 0 Å². The minimum Gasteiger partial charge on any atom is -0.480 e. The number of aromatic amines is 1. The lowest BCUT2D eigenvalue weighted by molar-refractivity contribution is -0.142. The molecule has 0 bridgehead atoms. The van der Waals surface area contributed by atoms with E-state index in [1.54, 1.807) is 0 Å². The van der Waals surface area contributed by atoms with Crippen LogP contribution in [-0.4, -0.2) is 49.4 Å². The first-order chi connectivity index (χ1) is 8.90. The summed E-state index contributed by atoms with van der Waals surface area (Å²) in [6.07, 6.45) is 1.73. The Morgan fingerprint density at radius 1 is 1.32 bits per heavy atom. The summed E-state index contributed by atoms with van der Waals surface area (Å²) < 4.78 is 0. The lowest BCUT2D eigenvalue weighted by atomic mass is 10.0. The number of hydrogen-bond acceptors (Lipinski definition) is 5. The van der Waals surface area contributed by atoms with E-state index in [2.05, 4.69) is 20.5 Å². The van der Waals surface area contributed by atoms with Gasteiger partial charge in [0.25, 0.3) is 0 Å². The van der Waals surface area contributed by atoms with Gasteiger partial charge in [0.1, 0.15) is 18.4 Å². The van der Waals surface area contributed by atoms with Gasteiger partial charge in [0.2, 0.25) is 0 Å². The molecule has 0 spiro atoms. The molecule has 19 heavy (non-hydrogen) atoms. The third-order valence-corrected chi connectivity index (χ3v) is 2.56. The van der Waals surface area contributed by atoms with Crippen molar-refractivity contribution in [3.8, 4) is 0 Å². The Labute approximate surface area is 110 Å². The van der Waals surface area contributed by atoms with Crippen molar-refractivity contribution < 1.29 is 19.8 Å². The largest absolute Gasteiger partial charge is 0.480 e. The predicted molar refractivity (Wildman–Crippen MR) is 65.5 cm³/mol. The maximum Gasteiger partial charge on any atom is 0.321 e. The Morgan fingerprint density at radius 2 is 1.95 bits per heavy atom. The van der Waals surface area contributed by atoms with Crippen molar-refractivity contribution in [2.24, 2.45) is 5.92 Å². The average molecular weight is 270 g/mol. The number of nitrogens with zero attached hydrogens (tertiary/aromatic N) is 2. The van der Waals surface area contributed by atoms with Crippen LogP contribution in [0.3, 0.4) is 0 Å². The molecule has 0 aliphatic carbocycles. The number of aromatic nitrogens is 3. The Kier molecular flexibility index (Phi) is 5.43. The summed E-state index contributed by atoms with van der Waals surface area (Å²) in [4.78, 5) is 26.1. The van der Waals surface area contributed by atoms with Gasteiger partial charge in [0, 0.05) is 6.42 Å². The molecule has 1 heterocycles. The molecule has 1 rings (SSSR count). The lowest BCUT2D eigenvalue weighted by Crippen LogP contribution is -2.48. The average Bonchev–Trinajstić information content (AvgIpc) is 2.78.